The van der Waals surface area contributed by atoms with Gasteiger partial charge in [0.1, 0.15) is 23.2 Å². The van der Waals surface area contributed by atoms with Crippen LogP contribution in [0.3, 0.4) is 0 Å². The van der Waals surface area contributed by atoms with Gasteiger partial charge >= 0.3 is 0 Å². The van der Waals surface area contributed by atoms with Gasteiger partial charge in [0.05, 0.1) is 13.2 Å². The summed E-state index contributed by atoms with van der Waals surface area (Å²) in [5.74, 6) is 1.16. The Hall–Kier alpha value is -3.10. The van der Waals surface area contributed by atoms with Crippen molar-refractivity contribution in [1.82, 2.24) is 15.5 Å². The summed E-state index contributed by atoms with van der Waals surface area (Å²) in [6, 6.07) is 13.2. The van der Waals surface area contributed by atoms with Crippen LogP contribution in [0.2, 0.25) is 0 Å². The summed E-state index contributed by atoms with van der Waals surface area (Å²) in [5.41, 5.74) is 2.74. The van der Waals surface area contributed by atoms with Gasteiger partial charge in [0.15, 0.2) is 0 Å². The summed E-state index contributed by atoms with van der Waals surface area (Å²) >= 11 is 5.33. The third kappa shape index (κ3) is 5.28. The van der Waals surface area contributed by atoms with Crippen molar-refractivity contribution in [1.29, 1.82) is 0 Å². The van der Waals surface area contributed by atoms with Crippen molar-refractivity contribution in [2.24, 2.45) is 0 Å². The number of benzene rings is 2. The average molecular weight is 425 g/mol. The van der Waals surface area contributed by atoms with Gasteiger partial charge in [0, 0.05) is 17.7 Å². The normalized spacial score (nSPS) is 13.6. The highest BCUT2D eigenvalue weighted by Gasteiger charge is 2.11. The SMILES string of the molecule is Fc1ccc(-c2noc(-c3ccc(OCC(=S)NCC4=CCOCC4)cc3)n2)cc1. The Balaban J connectivity index is 1.30. The van der Waals surface area contributed by atoms with Gasteiger partial charge in [0.2, 0.25) is 5.82 Å². The van der Waals surface area contributed by atoms with Crippen LogP contribution >= 0.6 is 12.2 Å². The molecule has 1 aliphatic rings. The number of hydrogen-bond donors (Lipinski definition) is 1. The zero-order valence-corrected chi connectivity index (χ0v) is 17.0. The van der Waals surface area contributed by atoms with Crippen molar-refractivity contribution in [3.63, 3.8) is 0 Å². The first-order chi connectivity index (χ1) is 14.7. The Morgan fingerprint density at radius 1 is 1.10 bits per heavy atom. The largest absolute Gasteiger partial charge is 0.486 e. The molecule has 1 aromatic heterocycles. The first-order valence-corrected chi connectivity index (χ1v) is 9.93. The van der Waals surface area contributed by atoms with E-state index in [4.69, 9.17) is 26.2 Å². The van der Waals surface area contributed by atoms with Crippen molar-refractivity contribution in [3.05, 3.63) is 66.0 Å². The molecule has 0 bridgehead atoms. The summed E-state index contributed by atoms with van der Waals surface area (Å²) in [4.78, 5) is 5.01. The van der Waals surface area contributed by atoms with E-state index in [1.54, 1.807) is 12.1 Å². The number of nitrogens with zero attached hydrogens (tertiary/aromatic N) is 2. The van der Waals surface area contributed by atoms with Gasteiger partial charge in [-0.25, -0.2) is 4.39 Å². The predicted octanol–water partition coefficient (Wildman–Crippen LogP) is 4.19. The van der Waals surface area contributed by atoms with Crippen LogP contribution in [0.5, 0.6) is 5.75 Å². The third-order valence-electron chi connectivity index (χ3n) is 4.57. The van der Waals surface area contributed by atoms with Crippen LogP contribution in [-0.4, -0.2) is 41.5 Å². The number of thiocarbonyl (C=S) groups is 1. The molecule has 0 spiro atoms. The van der Waals surface area contributed by atoms with Crippen LogP contribution < -0.4 is 10.1 Å². The highest BCUT2D eigenvalue weighted by atomic mass is 32.1. The van der Waals surface area contributed by atoms with Crippen LogP contribution in [0.15, 0.2) is 64.7 Å². The van der Waals surface area contributed by atoms with Gasteiger partial charge in [-0.2, -0.15) is 4.98 Å². The van der Waals surface area contributed by atoms with Gasteiger partial charge in [-0.3, -0.25) is 0 Å². The summed E-state index contributed by atoms with van der Waals surface area (Å²) < 4.78 is 29.4. The van der Waals surface area contributed by atoms with Crippen LogP contribution in [0.4, 0.5) is 4.39 Å². The van der Waals surface area contributed by atoms with E-state index in [1.807, 2.05) is 24.3 Å². The smallest absolute Gasteiger partial charge is 0.258 e. The molecule has 154 valence electrons. The molecule has 0 amide bonds. The average Bonchev–Trinajstić information content (AvgIpc) is 3.28. The Morgan fingerprint density at radius 3 is 2.60 bits per heavy atom. The molecule has 3 aromatic rings. The molecule has 2 heterocycles. The minimum atomic E-state index is -0.312. The molecule has 0 unspecified atom stereocenters. The number of ether oxygens (including phenoxy) is 2. The molecule has 6 nitrogen and oxygen atoms in total. The van der Waals surface area contributed by atoms with Crippen molar-refractivity contribution in [2.75, 3.05) is 26.4 Å². The summed E-state index contributed by atoms with van der Waals surface area (Å²) in [6.45, 7) is 2.44. The summed E-state index contributed by atoms with van der Waals surface area (Å²) in [7, 11) is 0. The maximum atomic E-state index is 13.1. The lowest BCUT2D eigenvalue weighted by Gasteiger charge is -2.15. The Bertz CT molecular complexity index is 1030. The van der Waals surface area contributed by atoms with Crippen molar-refractivity contribution >= 4 is 17.2 Å². The second-order valence-electron chi connectivity index (χ2n) is 6.71. The lowest BCUT2D eigenvalue weighted by Crippen LogP contribution is -2.29. The molecular formula is C22H20FN3O3S. The lowest BCUT2D eigenvalue weighted by molar-refractivity contribution is 0.154. The van der Waals surface area contributed by atoms with E-state index in [-0.39, 0.29) is 5.82 Å². The first kappa shape index (κ1) is 20.2. The Morgan fingerprint density at radius 2 is 1.87 bits per heavy atom. The number of nitrogens with one attached hydrogen (secondary N) is 1. The summed E-state index contributed by atoms with van der Waals surface area (Å²) in [6.07, 6.45) is 3.01. The van der Waals surface area contributed by atoms with E-state index < -0.39 is 0 Å². The van der Waals surface area contributed by atoms with Gasteiger partial charge in [-0.15, -0.1) is 0 Å². The standard InChI is InChI=1S/C22H20FN3O3S/c23-18-5-1-16(2-6-18)21-25-22(29-26-21)17-3-7-19(8-4-17)28-14-20(30)24-13-15-9-11-27-12-10-15/h1-9H,10-14H2,(H,24,30). The van der Waals surface area contributed by atoms with Gasteiger partial charge in [-0.1, -0.05) is 29.0 Å². The molecule has 2 aromatic carbocycles. The van der Waals surface area contributed by atoms with Gasteiger partial charge in [0.25, 0.3) is 5.89 Å². The maximum Gasteiger partial charge on any atom is 0.258 e. The molecule has 1 N–H and O–H groups in total. The van der Waals surface area contributed by atoms with E-state index in [2.05, 4.69) is 21.5 Å². The minimum Gasteiger partial charge on any atom is -0.486 e. The van der Waals surface area contributed by atoms with E-state index in [9.17, 15) is 4.39 Å². The van der Waals surface area contributed by atoms with Crippen molar-refractivity contribution in [3.8, 4) is 28.6 Å². The second-order valence-corrected chi connectivity index (χ2v) is 7.20. The van der Waals surface area contributed by atoms with E-state index in [0.29, 0.717) is 41.2 Å². The molecule has 0 fully saturated rings. The fourth-order valence-corrected chi connectivity index (χ4v) is 3.02. The second kappa shape index (κ2) is 9.60. The summed E-state index contributed by atoms with van der Waals surface area (Å²) in [5, 5.41) is 7.16. The molecule has 0 saturated heterocycles. The topological polar surface area (TPSA) is 69.4 Å². The van der Waals surface area contributed by atoms with E-state index in [0.717, 1.165) is 25.1 Å². The number of rotatable bonds is 7. The number of aromatic nitrogens is 2. The molecular weight excluding hydrogens is 405 g/mol. The number of halogens is 1. The molecule has 0 saturated carbocycles. The van der Waals surface area contributed by atoms with Crippen molar-refractivity contribution < 1.29 is 18.4 Å². The maximum absolute atomic E-state index is 13.1. The minimum absolute atomic E-state index is 0.299. The Labute approximate surface area is 178 Å². The predicted molar refractivity (Wildman–Crippen MR) is 115 cm³/mol. The van der Waals surface area contributed by atoms with Crippen LogP contribution in [0, 0.1) is 5.82 Å². The zero-order valence-electron chi connectivity index (χ0n) is 16.1. The Kier molecular flexibility index (Phi) is 6.46. The number of hydrogen-bond acceptors (Lipinski definition) is 6. The fourth-order valence-electron chi connectivity index (χ4n) is 2.89. The molecule has 1 aliphatic heterocycles. The molecule has 4 rings (SSSR count). The highest BCUT2D eigenvalue weighted by Crippen LogP contribution is 2.24. The molecule has 0 radical (unpaired) electrons. The molecule has 0 aliphatic carbocycles. The third-order valence-corrected chi connectivity index (χ3v) is 4.83. The lowest BCUT2D eigenvalue weighted by atomic mass is 10.1. The fraction of sp³-hybridized carbons (Fsp3) is 0.227. The van der Waals surface area contributed by atoms with Crippen LogP contribution in [-0.2, 0) is 4.74 Å². The van der Waals surface area contributed by atoms with Gasteiger partial charge in [-0.05, 0) is 55.0 Å². The molecule has 8 heteroatoms. The highest BCUT2D eigenvalue weighted by molar-refractivity contribution is 7.80. The van der Waals surface area contributed by atoms with Crippen LogP contribution in [0.1, 0.15) is 6.42 Å². The van der Waals surface area contributed by atoms with E-state index in [1.165, 1.54) is 17.7 Å². The van der Waals surface area contributed by atoms with Gasteiger partial charge < -0.3 is 19.3 Å². The zero-order chi connectivity index (χ0) is 20.8. The van der Waals surface area contributed by atoms with Crippen LogP contribution in [0.25, 0.3) is 22.8 Å². The first-order valence-electron chi connectivity index (χ1n) is 9.52. The molecule has 30 heavy (non-hydrogen) atoms. The quantitative estimate of drug-likeness (QED) is 0.450. The molecule has 0 atom stereocenters. The monoisotopic (exact) mass is 425 g/mol. The van der Waals surface area contributed by atoms with Crippen molar-refractivity contribution in [2.45, 2.75) is 6.42 Å². The van der Waals surface area contributed by atoms with E-state index >= 15 is 0 Å².